The largest absolute Gasteiger partial charge is 0.477 e. The van der Waals surface area contributed by atoms with Crippen LogP contribution in [0.5, 0.6) is 0 Å². The number of para-hydroxylation sites is 2. The van der Waals surface area contributed by atoms with Crippen molar-refractivity contribution >= 4 is 35.0 Å². The third-order valence-corrected chi connectivity index (χ3v) is 2.45. The predicted molar refractivity (Wildman–Crippen MR) is 78.1 cm³/mol. The van der Waals surface area contributed by atoms with Gasteiger partial charge in [-0.3, -0.25) is 19.4 Å². The average molecular weight is 292 g/mol. The molecule has 1 aromatic carbocycles. The van der Waals surface area contributed by atoms with Gasteiger partial charge in [0.1, 0.15) is 0 Å². The fourth-order valence-electron chi connectivity index (χ4n) is 1.46. The summed E-state index contributed by atoms with van der Waals surface area (Å²) in [5.41, 5.74) is 0.601. The van der Waals surface area contributed by atoms with E-state index in [2.05, 4.69) is 20.9 Å². The Labute approximate surface area is 121 Å². The van der Waals surface area contributed by atoms with Crippen molar-refractivity contribution in [1.82, 2.24) is 5.32 Å². The molecule has 0 fully saturated rings. The molecule has 3 N–H and O–H groups in total. The summed E-state index contributed by atoms with van der Waals surface area (Å²) in [4.78, 5) is 38.3. The van der Waals surface area contributed by atoms with Crippen LogP contribution in [0.4, 0.5) is 11.4 Å². The molecular formula is C13H16N4O4. The van der Waals surface area contributed by atoms with Crippen molar-refractivity contribution in [2.24, 2.45) is 4.99 Å². The van der Waals surface area contributed by atoms with Crippen LogP contribution in [0.25, 0.3) is 0 Å². The number of methoxy groups -OCH3 is 1. The van der Waals surface area contributed by atoms with E-state index in [0.717, 1.165) is 0 Å². The average Bonchev–Trinajstić information content (AvgIpc) is 2.49. The summed E-state index contributed by atoms with van der Waals surface area (Å²) >= 11 is 0. The molecule has 0 bridgehead atoms. The van der Waals surface area contributed by atoms with Crippen molar-refractivity contribution in [3.05, 3.63) is 24.3 Å². The zero-order valence-corrected chi connectivity index (χ0v) is 11.9. The number of carbonyl (C=O) groups is 3. The van der Waals surface area contributed by atoms with Crippen LogP contribution in [0, 0.1) is 0 Å². The molecule has 0 aromatic heterocycles. The Kier molecular flexibility index (Phi) is 5.87. The third kappa shape index (κ3) is 4.30. The van der Waals surface area contributed by atoms with Gasteiger partial charge in [-0.1, -0.05) is 12.1 Å². The van der Waals surface area contributed by atoms with E-state index in [1.807, 2.05) is 0 Å². The maximum atomic E-state index is 11.8. The second-order valence-corrected chi connectivity index (χ2v) is 3.77. The highest BCUT2D eigenvalue weighted by Gasteiger charge is 2.16. The van der Waals surface area contributed by atoms with E-state index in [1.54, 1.807) is 24.3 Å². The van der Waals surface area contributed by atoms with Crippen molar-refractivity contribution in [3.8, 4) is 0 Å². The second kappa shape index (κ2) is 7.63. The van der Waals surface area contributed by atoms with Crippen LogP contribution < -0.4 is 16.0 Å². The molecule has 0 aliphatic rings. The molecule has 0 saturated carbocycles. The van der Waals surface area contributed by atoms with Crippen molar-refractivity contribution in [2.75, 3.05) is 31.8 Å². The Bertz CT molecular complexity index is 583. The molecule has 8 nitrogen and oxygen atoms in total. The minimum Gasteiger partial charge on any atom is -0.477 e. The number of likely N-dealkylation sites (N-methyl/N-ethyl adjacent to an activating group) is 1. The summed E-state index contributed by atoms with van der Waals surface area (Å²) in [7, 11) is 4.08. The topological polar surface area (TPSA) is 109 Å². The van der Waals surface area contributed by atoms with Crippen molar-refractivity contribution in [1.29, 1.82) is 0 Å². The summed E-state index contributed by atoms with van der Waals surface area (Å²) in [6.07, 6.45) is 0. The Morgan fingerprint density at radius 3 is 1.95 bits per heavy atom. The zero-order valence-electron chi connectivity index (χ0n) is 11.9. The molecule has 0 spiro atoms. The Morgan fingerprint density at radius 2 is 1.52 bits per heavy atom. The van der Waals surface area contributed by atoms with Gasteiger partial charge in [0.15, 0.2) is 0 Å². The minimum atomic E-state index is -0.838. The number of ether oxygens (including phenoxy) is 1. The highest BCUT2D eigenvalue weighted by molar-refractivity contribution is 6.41. The van der Waals surface area contributed by atoms with E-state index in [9.17, 15) is 14.4 Å². The lowest BCUT2D eigenvalue weighted by atomic mass is 10.2. The van der Waals surface area contributed by atoms with Gasteiger partial charge in [0.25, 0.3) is 5.90 Å². The molecule has 0 radical (unpaired) electrons. The lowest BCUT2D eigenvalue weighted by Gasteiger charge is -2.12. The highest BCUT2D eigenvalue weighted by Crippen LogP contribution is 2.20. The lowest BCUT2D eigenvalue weighted by Crippen LogP contribution is -2.33. The Morgan fingerprint density at radius 1 is 1.00 bits per heavy atom. The fourth-order valence-corrected chi connectivity index (χ4v) is 1.46. The molecule has 112 valence electrons. The highest BCUT2D eigenvalue weighted by atomic mass is 16.5. The lowest BCUT2D eigenvalue weighted by molar-refractivity contribution is -0.135. The molecule has 0 unspecified atom stereocenters. The molecule has 21 heavy (non-hydrogen) atoms. The first-order chi connectivity index (χ1) is 10.0. The molecule has 0 atom stereocenters. The second-order valence-electron chi connectivity index (χ2n) is 3.77. The number of hydrogen-bond acceptors (Lipinski definition) is 5. The van der Waals surface area contributed by atoms with E-state index in [-0.39, 0.29) is 11.6 Å². The predicted octanol–water partition coefficient (Wildman–Crippen LogP) is -0.0157. The van der Waals surface area contributed by atoms with Crippen LogP contribution in [0.2, 0.25) is 0 Å². The molecule has 8 heteroatoms. The van der Waals surface area contributed by atoms with E-state index in [1.165, 1.54) is 21.2 Å². The number of carbonyl (C=O) groups excluding carboxylic acids is 3. The number of aliphatic imine (C=N–C) groups is 1. The number of rotatable bonds is 2. The number of anilines is 2. The normalized spacial score (nSPS) is 10.5. The SMILES string of the molecule is CN=C(OC)C(=O)Nc1ccccc1NC(=O)C(=O)NC. The molecule has 1 aromatic rings. The molecule has 0 heterocycles. The maximum Gasteiger partial charge on any atom is 0.313 e. The van der Waals surface area contributed by atoms with Crippen LogP contribution in [0.1, 0.15) is 0 Å². The summed E-state index contributed by atoms with van der Waals surface area (Å²) in [6, 6.07) is 6.44. The van der Waals surface area contributed by atoms with Gasteiger partial charge in [-0.25, -0.2) is 0 Å². The van der Waals surface area contributed by atoms with Crippen LogP contribution in [-0.2, 0) is 19.1 Å². The number of hydrogen-bond donors (Lipinski definition) is 3. The van der Waals surface area contributed by atoms with Crippen molar-refractivity contribution in [2.45, 2.75) is 0 Å². The van der Waals surface area contributed by atoms with Gasteiger partial charge in [-0.05, 0) is 12.1 Å². The smallest absolute Gasteiger partial charge is 0.313 e. The number of nitrogens with zero attached hydrogens (tertiary/aromatic N) is 1. The maximum absolute atomic E-state index is 11.8. The van der Waals surface area contributed by atoms with Gasteiger partial charge in [0.2, 0.25) is 0 Å². The van der Waals surface area contributed by atoms with Gasteiger partial charge in [-0.15, -0.1) is 0 Å². The van der Waals surface area contributed by atoms with Gasteiger partial charge in [-0.2, -0.15) is 0 Å². The number of nitrogens with one attached hydrogen (secondary N) is 3. The number of amides is 3. The molecule has 3 amide bonds. The van der Waals surface area contributed by atoms with Crippen molar-refractivity contribution in [3.63, 3.8) is 0 Å². The van der Waals surface area contributed by atoms with Crippen molar-refractivity contribution < 1.29 is 19.1 Å². The quantitative estimate of drug-likeness (QED) is 0.404. The summed E-state index contributed by atoms with van der Waals surface area (Å²) < 4.78 is 4.80. The first-order valence-electron chi connectivity index (χ1n) is 5.97. The van der Waals surface area contributed by atoms with Gasteiger partial charge in [0.05, 0.1) is 18.5 Å². The van der Waals surface area contributed by atoms with Crippen LogP contribution >= 0.6 is 0 Å². The monoisotopic (exact) mass is 292 g/mol. The molecular weight excluding hydrogens is 276 g/mol. The molecule has 0 aliphatic carbocycles. The minimum absolute atomic E-state index is 0.109. The van der Waals surface area contributed by atoms with Crippen LogP contribution in [-0.4, -0.2) is 44.8 Å². The van der Waals surface area contributed by atoms with E-state index in [4.69, 9.17) is 4.74 Å². The van der Waals surface area contributed by atoms with Gasteiger partial charge in [0, 0.05) is 14.1 Å². The zero-order chi connectivity index (χ0) is 15.8. The van der Waals surface area contributed by atoms with Gasteiger partial charge >= 0.3 is 17.7 Å². The molecule has 1 rings (SSSR count). The standard InChI is InChI=1S/C13H16N4O4/c1-14-10(18)11(19)16-8-6-4-5-7-9(8)17-12(20)13(15-2)21-3/h4-7H,1-3H3,(H,14,18)(H,16,19)(H,17,20). The first-order valence-corrected chi connectivity index (χ1v) is 5.97. The summed E-state index contributed by atoms with van der Waals surface area (Å²) in [5, 5.41) is 7.13. The van der Waals surface area contributed by atoms with Crippen LogP contribution in [0.3, 0.4) is 0 Å². The first kappa shape index (κ1) is 16.2. The van der Waals surface area contributed by atoms with E-state index >= 15 is 0 Å². The van der Waals surface area contributed by atoms with E-state index in [0.29, 0.717) is 5.69 Å². The van der Waals surface area contributed by atoms with E-state index < -0.39 is 17.7 Å². The Hall–Kier alpha value is -2.90. The van der Waals surface area contributed by atoms with Gasteiger partial charge < -0.3 is 20.7 Å². The number of benzene rings is 1. The molecule has 0 saturated heterocycles. The third-order valence-electron chi connectivity index (χ3n) is 2.45. The summed E-state index contributed by atoms with van der Waals surface area (Å²) in [5.74, 6) is -2.30. The Balaban J connectivity index is 2.92. The fraction of sp³-hybridized carbons (Fsp3) is 0.231. The molecule has 0 aliphatic heterocycles. The van der Waals surface area contributed by atoms with Crippen LogP contribution in [0.15, 0.2) is 29.3 Å². The summed E-state index contributed by atoms with van der Waals surface area (Å²) in [6.45, 7) is 0.